The zero-order valence-electron chi connectivity index (χ0n) is 11.8. The molecular weight excluding hydrogens is 243 g/mol. The third-order valence-corrected chi connectivity index (χ3v) is 4.91. The Balaban J connectivity index is 2.03. The maximum atomic E-state index is 5.91. The Bertz CT molecular complexity index is 432. The molecule has 1 fully saturated rings. The molecule has 0 saturated carbocycles. The average Bonchev–Trinajstić information content (AvgIpc) is 2.79. The minimum atomic E-state index is -0.258. The van der Waals surface area contributed by atoms with Crippen LogP contribution in [0.25, 0.3) is 6.08 Å². The topological polar surface area (TPSA) is 18.5 Å². The first kappa shape index (κ1) is 13.8. The van der Waals surface area contributed by atoms with Crippen LogP contribution in [-0.4, -0.2) is 18.3 Å². The van der Waals surface area contributed by atoms with Crippen LogP contribution in [0.4, 0.5) is 0 Å². The van der Waals surface area contributed by atoms with Gasteiger partial charge in [-0.25, -0.2) is 0 Å². The van der Waals surface area contributed by atoms with E-state index in [2.05, 4.69) is 52.8 Å². The maximum Gasteiger partial charge on any atom is 0.487 e. The highest BCUT2D eigenvalue weighted by Gasteiger charge is 2.49. The summed E-state index contributed by atoms with van der Waals surface area (Å²) in [6.07, 6.45) is 3.18. The molecule has 0 spiro atoms. The van der Waals surface area contributed by atoms with Crippen molar-refractivity contribution in [2.24, 2.45) is 0 Å². The second-order valence-electron chi connectivity index (χ2n) is 5.64. The van der Waals surface area contributed by atoms with Gasteiger partial charge in [0, 0.05) is 9.75 Å². The van der Waals surface area contributed by atoms with E-state index in [1.807, 2.05) is 17.3 Å². The number of hydrogen-bond donors (Lipinski definition) is 0. The Morgan fingerprint density at radius 3 is 2.28 bits per heavy atom. The number of hydrogen-bond acceptors (Lipinski definition) is 3. The van der Waals surface area contributed by atoms with Crippen molar-refractivity contribution in [1.82, 2.24) is 0 Å². The summed E-state index contributed by atoms with van der Waals surface area (Å²) in [5.41, 5.74) is -0.516. The Morgan fingerprint density at radius 2 is 1.78 bits per heavy atom. The lowest BCUT2D eigenvalue weighted by Gasteiger charge is -2.32. The Kier molecular flexibility index (Phi) is 3.72. The maximum absolute atomic E-state index is 5.91. The van der Waals surface area contributed by atoms with Crippen LogP contribution in [0.2, 0.25) is 0 Å². The van der Waals surface area contributed by atoms with Crippen molar-refractivity contribution in [3.63, 3.8) is 0 Å². The van der Waals surface area contributed by atoms with E-state index in [9.17, 15) is 0 Å². The van der Waals surface area contributed by atoms with Gasteiger partial charge in [0.05, 0.1) is 11.2 Å². The minimum Gasteiger partial charge on any atom is -0.400 e. The van der Waals surface area contributed by atoms with Crippen molar-refractivity contribution in [2.75, 3.05) is 0 Å². The second kappa shape index (κ2) is 4.84. The molecule has 2 rings (SSSR count). The molecule has 0 bridgehead atoms. The van der Waals surface area contributed by atoms with Gasteiger partial charge in [0.2, 0.25) is 0 Å². The van der Waals surface area contributed by atoms with Gasteiger partial charge in [-0.05, 0) is 46.2 Å². The van der Waals surface area contributed by atoms with Crippen LogP contribution >= 0.6 is 11.3 Å². The van der Waals surface area contributed by atoms with Crippen LogP contribution in [0.15, 0.2) is 18.1 Å². The van der Waals surface area contributed by atoms with Crippen LogP contribution in [0.1, 0.15) is 44.4 Å². The molecule has 0 aromatic carbocycles. The Labute approximate surface area is 114 Å². The summed E-state index contributed by atoms with van der Waals surface area (Å²) in [5.74, 6) is 2.00. The molecule has 0 amide bonds. The van der Waals surface area contributed by atoms with E-state index >= 15 is 0 Å². The summed E-state index contributed by atoms with van der Waals surface area (Å²) in [4.78, 5) is 2.66. The third-order valence-electron chi connectivity index (χ3n) is 3.72. The molecule has 1 saturated heterocycles. The first-order chi connectivity index (χ1) is 8.34. The van der Waals surface area contributed by atoms with Gasteiger partial charge in [0.25, 0.3) is 0 Å². The SMILES string of the molecule is CCc1ccc(/C=C/B2OC(C)(C)C(C)(C)O2)s1. The van der Waals surface area contributed by atoms with Gasteiger partial charge >= 0.3 is 7.12 Å². The van der Waals surface area contributed by atoms with E-state index in [0.29, 0.717) is 0 Å². The van der Waals surface area contributed by atoms with Gasteiger partial charge in [0.1, 0.15) is 0 Å². The molecule has 1 aromatic heterocycles. The van der Waals surface area contributed by atoms with E-state index in [-0.39, 0.29) is 18.3 Å². The molecule has 0 aliphatic carbocycles. The largest absolute Gasteiger partial charge is 0.487 e. The quantitative estimate of drug-likeness (QED) is 0.769. The molecule has 18 heavy (non-hydrogen) atoms. The van der Waals surface area contributed by atoms with Gasteiger partial charge in [-0.15, -0.1) is 11.3 Å². The fraction of sp³-hybridized carbons (Fsp3) is 0.571. The van der Waals surface area contributed by atoms with Gasteiger partial charge in [-0.2, -0.15) is 0 Å². The van der Waals surface area contributed by atoms with Gasteiger partial charge in [-0.1, -0.05) is 19.0 Å². The monoisotopic (exact) mass is 264 g/mol. The first-order valence-corrected chi connectivity index (χ1v) is 7.28. The van der Waals surface area contributed by atoms with Crippen LogP contribution < -0.4 is 0 Å². The molecule has 2 heterocycles. The van der Waals surface area contributed by atoms with Crippen LogP contribution in [0, 0.1) is 0 Å². The lowest BCUT2D eigenvalue weighted by Crippen LogP contribution is -2.41. The minimum absolute atomic E-state index is 0.248. The normalized spacial score (nSPS) is 21.9. The van der Waals surface area contributed by atoms with Crippen molar-refractivity contribution in [3.05, 3.63) is 27.9 Å². The van der Waals surface area contributed by atoms with Crippen LogP contribution in [0.3, 0.4) is 0 Å². The van der Waals surface area contributed by atoms with Crippen LogP contribution in [0.5, 0.6) is 0 Å². The van der Waals surface area contributed by atoms with Gasteiger partial charge in [-0.3, -0.25) is 0 Å². The summed E-state index contributed by atoms with van der Waals surface area (Å²) in [6.45, 7) is 10.5. The zero-order chi connectivity index (χ0) is 13.4. The number of aryl methyl sites for hydroxylation is 1. The molecule has 4 heteroatoms. The summed E-state index contributed by atoms with van der Waals surface area (Å²) >= 11 is 1.82. The number of thiophene rings is 1. The van der Waals surface area contributed by atoms with Gasteiger partial charge in [0.15, 0.2) is 0 Å². The molecule has 98 valence electrons. The predicted molar refractivity (Wildman–Crippen MR) is 78.8 cm³/mol. The predicted octanol–water partition coefficient (Wildman–Crippen LogP) is 3.96. The van der Waals surface area contributed by atoms with Crippen molar-refractivity contribution in [3.8, 4) is 0 Å². The highest BCUT2D eigenvalue weighted by atomic mass is 32.1. The molecule has 0 unspecified atom stereocenters. The third kappa shape index (κ3) is 2.71. The van der Waals surface area contributed by atoms with Crippen LogP contribution in [-0.2, 0) is 15.7 Å². The van der Waals surface area contributed by atoms with Crippen molar-refractivity contribution < 1.29 is 9.31 Å². The first-order valence-electron chi connectivity index (χ1n) is 6.46. The molecule has 0 radical (unpaired) electrons. The van der Waals surface area contributed by atoms with Crippen molar-refractivity contribution in [2.45, 2.75) is 52.2 Å². The fourth-order valence-electron chi connectivity index (χ4n) is 1.81. The standard InChI is InChI=1S/C14H21BO2S/c1-6-11-7-8-12(18-11)9-10-15-16-13(2,3)14(4,5)17-15/h7-10H,6H2,1-5H3/b10-9+. The molecule has 0 atom stereocenters. The van der Waals surface area contributed by atoms with Gasteiger partial charge < -0.3 is 9.31 Å². The number of rotatable bonds is 3. The van der Waals surface area contributed by atoms with E-state index in [1.54, 1.807) is 0 Å². The molecule has 1 aliphatic rings. The average molecular weight is 264 g/mol. The summed E-state index contributed by atoms with van der Waals surface area (Å²) < 4.78 is 11.8. The molecule has 1 aromatic rings. The molecular formula is C14H21BO2S. The van der Waals surface area contributed by atoms with Crippen molar-refractivity contribution >= 4 is 24.5 Å². The molecule has 1 aliphatic heterocycles. The highest BCUT2D eigenvalue weighted by Crippen LogP contribution is 2.37. The molecule has 2 nitrogen and oxygen atoms in total. The lowest BCUT2D eigenvalue weighted by atomic mass is 9.90. The Hall–Kier alpha value is -0.575. The van der Waals surface area contributed by atoms with E-state index < -0.39 is 0 Å². The van der Waals surface area contributed by atoms with Crippen molar-refractivity contribution in [1.29, 1.82) is 0 Å². The fourth-order valence-corrected chi connectivity index (χ4v) is 2.68. The highest BCUT2D eigenvalue weighted by molar-refractivity contribution is 7.12. The van der Waals surface area contributed by atoms with E-state index in [0.717, 1.165) is 6.42 Å². The van der Waals surface area contributed by atoms with E-state index in [4.69, 9.17) is 9.31 Å². The zero-order valence-corrected chi connectivity index (χ0v) is 12.6. The van der Waals surface area contributed by atoms with E-state index in [1.165, 1.54) is 9.75 Å². The summed E-state index contributed by atoms with van der Waals surface area (Å²) in [7, 11) is -0.248. The summed E-state index contributed by atoms with van der Waals surface area (Å²) in [5, 5.41) is 0. The summed E-state index contributed by atoms with van der Waals surface area (Å²) in [6, 6.07) is 4.32. The lowest BCUT2D eigenvalue weighted by molar-refractivity contribution is 0.00578. The second-order valence-corrected chi connectivity index (χ2v) is 6.84. The molecule has 0 N–H and O–H groups in total. The Morgan fingerprint density at radius 1 is 1.17 bits per heavy atom. The smallest absolute Gasteiger partial charge is 0.400 e.